The van der Waals surface area contributed by atoms with Gasteiger partial charge in [-0.05, 0) is 18.8 Å². The van der Waals surface area contributed by atoms with Gasteiger partial charge in [0.25, 0.3) is 0 Å². The van der Waals surface area contributed by atoms with Crippen LogP contribution in [0.4, 0.5) is 0 Å². The third-order valence-electron chi connectivity index (χ3n) is 4.38. The molecule has 4 atom stereocenters. The maximum Gasteiger partial charge on any atom is 0.328 e. The van der Waals surface area contributed by atoms with Gasteiger partial charge in [0.15, 0.2) is 0 Å². The van der Waals surface area contributed by atoms with Crippen molar-refractivity contribution in [1.82, 2.24) is 16.0 Å². The number of carbonyl (C=O) groups excluding carboxylic acids is 3. The van der Waals surface area contributed by atoms with Crippen LogP contribution in [0.1, 0.15) is 39.5 Å². The highest BCUT2D eigenvalue weighted by atomic mass is 16.4. The molecule has 0 aromatic carbocycles. The quantitative estimate of drug-likeness (QED) is 0.124. The Balaban J connectivity index is 5.55. The van der Waals surface area contributed by atoms with Crippen LogP contribution in [0.15, 0.2) is 0 Å². The Labute approximate surface area is 183 Å². The van der Waals surface area contributed by atoms with E-state index in [1.54, 1.807) is 13.8 Å². The van der Waals surface area contributed by atoms with Crippen molar-refractivity contribution in [2.75, 3.05) is 6.61 Å². The van der Waals surface area contributed by atoms with Gasteiger partial charge in [-0.3, -0.25) is 24.0 Å². The fourth-order valence-corrected chi connectivity index (χ4v) is 2.37. The van der Waals surface area contributed by atoms with Gasteiger partial charge in [0.1, 0.15) is 18.1 Å². The monoisotopic (exact) mass is 462 g/mol. The number of rotatable bonds is 15. The van der Waals surface area contributed by atoms with Crippen molar-refractivity contribution in [2.45, 2.75) is 63.7 Å². The molecule has 0 spiro atoms. The molecule has 0 aliphatic rings. The number of carboxylic acid groups (broad SMARTS) is 3. The minimum atomic E-state index is -1.70. The molecular weight excluding hydrogens is 432 g/mol. The molecule has 4 unspecified atom stereocenters. The first-order valence-electron chi connectivity index (χ1n) is 9.74. The zero-order valence-electron chi connectivity index (χ0n) is 17.7. The Hall–Kier alpha value is -3.26. The van der Waals surface area contributed by atoms with E-state index in [1.165, 1.54) is 0 Å². The molecule has 3 amide bonds. The number of aliphatic hydroxyl groups is 1. The van der Waals surface area contributed by atoms with Gasteiger partial charge in [-0.2, -0.15) is 0 Å². The van der Waals surface area contributed by atoms with Crippen LogP contribution in [-0.2, 0) is 28.8 Å². The number of aliphatic carboxylic acids is 3. The molecule has 0 aromatic heterocycles. The molecule has 0 heterocycles. The van der Waals surface area contributed by atoms with Gasteiger partial charge in [-0.25, -0.2) is 4.79 Å². The third kappa shape index (κ3) is 10.7. The fraction of sp³-hybridized carbons (Fsp3) is 0.667. The van der Waals surface area contributed by atoms with E-state index in [9.17, 15) is 28.8 Å². The van der Waals surface area contributed by atoms with Crippen LogP contribution in [0.25, 0.3) is 0 Å². The molecule has 0 aliphatic carbocycles. The largest absolute Gasteiger partial charge is 0.481 e. The molecule has 0 fully saturated rings. The smallest absolute Gasteiger partial charge is 0.328 e. The Bertz CT molecular complexity index is 712. The predicted molar refractivity (Wildman–Crippen MR) is 107 cm³/mol. The summed E-state index contributed by atoms with van der Waals surface area (Å²) in [4.78, 5) is 70.1. The van der Waals surface area contributed by atoms with Crippen molar-refractivity contribution in [3.05, 3.63) is 0 Å². The number of hydrogen-bond donors (Lipinski definition) is 8. The lowest BCUT2D eigenvalue weighted by Crippen LogP contribution is -2.58. The maximum absolute atomic E-state index is 12.7. The summed E-state index contributed by atoms with van der Waals surface area (Å²) in [5.41, 5.74) is 5.72. The number of amides is 3. The van der Waals surface area contributed by atoms with E-state index in [0.717, 1.165) is 0 Å². The first-order valence-corrected chi connectivity index (χ1v) is 9.74. The normalized spacial score (nSPS) is 14.5. The number of nitrogens with two attached hydrogens (primary N) is 1. The fourth-order valence-electron chi connectivity index (χ4n) is 2.37. The molecule has 32 heavy (non-hydrogen) atoms. The van der Waals surface area contributed by atoms with Crippen LogP contribution in [0.2, 0.25) is 0 Å². The van der Waals surface area contributed by atoms with Gasteiger partial charge in [-0.15, -0.1) is 0 Å². The molecule has 0 aliphatic heterocycles. The molecule has 182 valence electrons. The summed E-state index contributed by atoms with van der Waals surface area (Å²) in [5.74, 6) is -7.20. The number of carbonyl (C=O) groups is 6. The molecule has 0 saturated carbocycles. The van der Waals surface area contributed by atoms with Crippen molar-refractivity contribution >= 4 is 35.6 Å². The highest BCUT2D eigenvalue weighted by molar-refractivity contribution is 5.94. The van der Waals surface area contributed by atoms with E-state index in [4.69, 9.17) is 26.2 Å². The lowest BCUT2D eigenvalue weighted by Gasteiger charge is -2.25. The van der Waals surface area contributed by atoms with Crippen LogP contribution in [0.5, 0.6) is 0 Å². The molecular formula is C18H30N4O10. The van der Waals surface area contributed by atoms with Gasteiger partial charge in [0.2, 0.25) is 17.7 Å². The second-order valence-electron chi connectivity index (χ2n) is 7.34. The molecule has 14 nitrogen and oxygen atoms in total. The van der Waals surface area contributed by atoms with Crippen molar-refractivity contribution in [1.29, 1.82) is 0 Å². The van der Waals surface area contributed by atoms with Crippen molar-refractivity contribution in [3.63, 3.8) is 0 Å². The minimum Gasteiger partial charge on any atom is -0.481 e. The van der Waals surface area contributed by atoms with E-state index < -0.39 is 85.7 Å². The van der Waals surface area contributed by atoms with E-state index in [2.05, 4.69) is 10.6 Å². The van der Waals surface area contributed by atoms with Gasteiger partial charge in [0.05, 0.1) is 12.6 Å². The van der Waals surface area contributed by atoms with Gasteiger partial charge in [-0.1, -0.05) is 13.8 Å². The molecule has 0 radical (unpaired) electrons. The third-order valence-corrected chi connectivity index (χ3v) is 4.38. The molecule has 9 N–H and O–H groups in total. The average Bonchev–Trinajstić information content (AvgIpc) is 2.70. The topological polar surface area (TPSA) is 245 Å². The van der Waals surface area contributed by atoms with Crippen LogP contribution < -0.4 is 21.7 Å². The van der Waals surface area contributed by atoms with Gasteiger partial charge < -0.3 is 42.1 Å². The number of aliphatic hydroxyl groups excluding tert-OH is 1. The molecule has 0 saturated heterocycles. The van der Waals surface area contributed by atoms with E-state index in [1.807, 2.05) is 5.32 Å². The summed E-state index contributed by atoms with van der Waals surface area (Å²) in [5, 5.41) is 42.2. The Morgan fingerprint density at radius 1 is 0.719 bits per heavy atom. The first kappa shape index (κ1) is 28.7. The van der Waals surface area contributed by atoms with E-state index in [0.29, 0.717) is 0 Å². The average molecular weight is 462 g/mol. The van der Waals surface area contributed by atoms with Crippen LogP contribution >= 0.6 is 0 Å². The predicted octanol–water partition coefficient (Wildman–Crippen LogP) is -2.77. The van der Waals surface area contributed by atoms with Gasteiger partial charge in [0, 0.05) is 12.8 Å². The highest BCUT2D eigenvalue weighted by Crippen LogP contribution is 2.06. The van der Waals surface area contributed by atoms with E-state index >= 15 is 0 Å². The van der Waals surface area contributed by atoms with Crippen LogP contribution in [0, 0.1) is 5.92 Å². The lowest BCUT2D eigenvalue weighted by molar-refractivity contribution is -0.144. The van der Waals surface area contributed by atoms with Crippen molar-refractivity contribution in [3.8, 4) is 0 Å². The highest BCUT2D eigenvalue weighted by Gasteiger charge is 2.31. The van der Waals surface area contributed by atoms with Crippen LogP contribution in [-0.4, -0.2) is 86.8 Å². The Kier molecular flexibility index (Phi) is 12.5. The van der Waals surface area contributed by atoms with Crippen molar-refractivity contribution < 1.29 is 49.2 Å². The number of nitrogens with one attached hydrogen (secondary N) is 3. The standard InChI is InChI=1S/C18H30N4O10/c1-8(2)14(19)17(30)21-10(4-6-13(26)27)15(28)20-9(3-5-12(24)25)16(29)22-11(7-23)18(31)32/h8-11,14,23H,3-7,19H2,1-2H3,(H,20,28)(H,21,30)(H,22,29)(H,24,25)(H,26,27)(H,31,32). The molecule has 0 rings (SSSR count). The van der Waals surface area contributed by atoms with Crippen molar-refractivity contribution in [2.24, 2.45) is 11.7 Å². The Morgan fingerprint density at radius 3 is 1.41 bits per heavy atom. The molecule has 0 aromatic rings. The summed E-state index contributed by atoms with van der Waals surface area (Å²) in [6.45, 7) is 2.36. The minimum absolute atomic E-state index is 0.293. The number of hydrogen-bond acceptors (Lipinski definition) is 8. The second-order valence-corrected chi connectivity index (χ2v) is 7.34. The zero-order valence-corrected chi connectivity index (χ0v) is 17.7. The van der Waals surface area contributed by atoms with E-state index in [-0.39, 0.29) is 12.3 Å². The van der Waals surface area contributed by atoms with Crippen LogP contribution in [0.3, 0.4) is 0 Å². The number of carboxylic acids is 3. The zero-order chi connectivity index (χ0) is 25.0. The first-order chi connectivity index (χ1) is 14.8. The lowest BCUT2D eigenvalue weighted by atomic mass is 10.0. The summed E-state index contributed by atoms with van der Waals surface area (Å²) in [7, 11) is 0. The summed E-state index contributed by atoms with van der Waals surface area (Å²) in [6.07, 6.45) is -1.86. The Morgan fingerprint density at radius 2 is 1.09 bits per heavy atom. The summed E-state index contributed by atoms with van der Waals surface area (Å²) < 4.78 is 0. The summed E-state index contributed by atoms with van der Waals surface area (Å²) >= 11 is 0. The SMILES string of the molecule is CC(C)C(N)C(=O)NC(CCC(=O)O)C(=O)NC(CCC(=O)O)C(=O)NC(CO)C(=O)O. The molecule has 0 bridgehead atoms. The summed E-state index contributed by atoms with van der Waals surface area (Å²) in [6, 6.07) is -5.63. The maximum atomic E-state index is 12.7. The second kappa shape index (κ2) is 13.9. The van der Waals surface area contributed by atoms with Gasteiger partial charge >= 0.3 is 17.9 Å². The molecule has 14 heteroatoms.